The first-order chi connectivity index (χ1) is 12.2. The van der Waals surface area contributed by atoms with E-state index in [1.54, 1.807) is 14.2 Å². The lowest BCUT2D eigenvalue weighted by molar-refractivity contribution is 0.157. The predicted octanol–water partition coefficient (Wildman–Crippen LogP) is 3.01. The van der Waals surface area contributed by atoms with Gasteiger partial charge in [0, 0.05) is 38.7 Å². The molecule has 0 saturated carbocycles. The Morgan fingerprint density at radius 1 is 1.35 bits per heavy atom. The van der Waals surface area contributed by atoms with Gasteiger partial charge in [0.05, 0.1) is 20.3 Å². The zero-order chi connectivity index (χ0) is 18.1. The Kier molecular flexibility index (Phi) is 10.7. The van der Waals surface area contributed by atoms with Crippen LogP contribution in [0.1, 0.15) is 20.3 Å². The summed E-state index contributed by atoms with van der Waals surface area (Å²) in [7, 11) is 3.42. The van der Waals surface area contributed by atoms with Crippen LogP contribution >= 0.6 is 24.0 Å². The molecule has 0 aromatic heterocycles. The third kappa shape index (κ3) is 7.19. The lowest BCUT2D eigenvalue weighted by Gasteiger charge is -2.22. The lowest BCUT2D eigenvalue weighted by Crippen LogP contribution is -2.41. The number of hydrogen-bond donors (Lipinski definition) is 1. The Bertz CT molecular complexity index is 557. The monoisotopic (exact) mass is 477 g/mol. The largest absolute Gasteiger partial charge is 0.497 e. The molecule has 1 fully saturated rings. The number of hydrogen-bond acceptors (Lipinski definition) is 4. The molecular weight excluding hydrogens is 445 g/mol. The topological polar surface area (TPSA) is 55.3 Å². The number of nitrogens with one attached hydrogen (secondary N) is 1. The summed E-state index contributed by atoms with van der Waals surface area (Å²) < 4.78 is 16.5. The van der Waals surface area contributed by atoms with E-state index >= 15 is 0 Å². The Balaban J connectivity index is 0.00000338. The first kappa shape index (κ1) is 22.8. The van der Waals surface area contributed by atoms with Crippen LogP contribution < -0.4 is 14.8 Å². The number of benzene rings is 1. The molecule has 1 aromatic carbocycles. The minimum Gasteiger partial charge on any atom is -0.497 e. The van der Waals surface area contributed by atoms with Crippen LogP contribution in [0.4, 0.5) is 0 Å². The maximum absolute atomic E-state index is 5.95. The number of likely N-dealkylation sites (tertiary alicyclic amines) is 1. The van der Waals surface area contributed by atoms with Crippen LogP contribution in [0.3, 0.4) is 0 Å². The summed E-state index contributed by atoms with van der Waals surface area (Å²) in [5.41, 5.74) is 0. The quantitative estimate of drug-likeness (QED) is 0.355. The van der Waals surface area contributed by atoms with Crippen LogP contribution in [0, 0.1) is 5.92 Å². The first-order valence-corrected chi connectivity index (χ1v) is 8.99. The Morgan fingerprint density at radius 3 is 2.81 bits per heavy atom. The summed E-state index contributed by atoms with van der Waals surface area (Å²) in [4.78, 5) is 7.07. The van der Waals surface area contributed by atoms with Gasteiger partial charge in [0.2, 0.25) is 0 Å². The molecule has 1 aliphatic heterocycles. The highest BCUT2D eigenvalue weighted by Crippen LogP contribution is 2.20. The fourth-order valence-corrected chi connectivity index (χ4v) is 2.98. The molecule has 6 nitrogen and oxygen atoms in total. The maximum atomic E-state index is 5.95. The van der Waals surface area contributed by atoms with Gasteiger partial charge in [-0.25, -0.2) is 4.99 Å². The van der Waals surface area contributed by atoms with Gasteiger partial charge < -0.3 is 24.4 Å². The van der Waals surface area contributed by atoms with Gasteiger partial charge in [-0.1, -0.05) is 6.07 Å². The molecule has 2 rings (SSSR count). The van der Waals surface area contributed by atoms with Crippen LogP contribution in [0.15, 0.2) is 29.3 Å². The number of nitrogens with zero attached hydrogens (tertiary/aromatic N) is 2. The maximum Gasteiger partial charge on any atom is 0.194 e. The summed E-state index contributed by atoms with van der Waals surface area (Å²) in [6.07, 6.45) is 1.13. The molecule has 7 heteroatoms. The molecule has 2 unspecified atom stereocenters. The molecule has 148 valence electrons. The first-order valence-electron chi connectivity index (χ1n) is 8.99. The van der Waals surface area contributed by atoms with Crippen LogP contribution in [0.2, 0.25) is 0 Å². The third-order valence-electron chi connectivity index (χ3n) is 4.20. The summed E-state index contributed by atoms with van der Waals surface area (Å²) in [6, 6.07) is 7.65. The van der Waals surface area contributed by atoms with Crippen molar-refractivity contribution in [2.45, 2.75) is 26.4 Å². The summed E-state index contributed by atoms with van der Waals surface area (Å²) >= 11 is 0. The highest BCUT2D eigenvalue weighted by Gasteiger charge is 2.24. The number of ether oxygens (including phenoxy) is 3. The van der Waals surface area contributed by atoms with E-state index in [0.717, 1.165) is 50.1 Å². The second kappa shape index (κ2) is 12.2. The zero-order valence-corrected chi connectivity index (χ0v) is 18.6. The Hall–Kier alpha value is -1.22. The van der Waals surface area contributed by atoms with Gasteiger partial charge in [-0.2, -0.15) is 0 Å². The number of methoxy groups -OCH3 is 2. The second-order valence-corrected chi connectivity index (χ2v) is 6.36. The van der Waals surface area contributed by atoms with E-state index in [4.69, 9.17) is 19.2 Å². The molecule has 26 heavy (non-hydrogen) atoms. The number of aliphatic imine (C=N–C) groups is 1. The average Bonchev–Trinajstić information content (AvgIpc) is 3.07. The molecule has 0 amide bonds. The van der Waals surface area contributed by atoms with Gasteiger partial charge in [0.15, 0.2) is 5.96 Å². The standard InChI is InChI=1S/C19H31N3O3.HI/c1-5-20-19(22-10-9-16(13-22)14-23-3)21-12-15(2)25-18-8-6-7-17(11-18)24-4;/h6-8,11,15-16H,5,9-10,12-14H2,1-4H3,(H,20,21);1H. The van der Waals surface area contributed by atoms with Crippen molar-refractivity contribution in [2.24, 2.45) is 10.9 Å². The normalized spacial score (nSPS) is 18.2. The fourth-order valence-electron chi connectivity index (χ4n) is 2.98. The molecule has 1 N–H and O–H groups in total. The zero-order valence-electron chi connectivity index (χ0n) is 16.2. The van der Waals surface area contributed by atoms with Gasteiger partial charge in [0.25, 0.3) is 0 Å². The van der Waals surface area contributed by atoms with E-state index in [1.165, 1.54) is 0 Å². The van der Waals surface area contributed by atoms with E-state index in [9.17, 15) is 0 Å². The summed E-state index contributed by atoms with van der Waals surface area (Å²) in [5.74, 6) is 3.14. The van der Waals surface area contributed by atoms with Gasteiger partial charge in [-0.15, -0.1) is 24.0 Å². The Morgan fingerprint density at radius 2 is 2.12 bits per heavy atom. The predicted molar refractivity (Wildman–Crippen MR) is 116 cm³/mol. The van der Waals surface area contributed by atoms with Crippen LogP contribution in [0.25, 0.3) is 0 Å². The van der Waals surface area contributed by atoms with E-state index in [2.05, 4.69) is 17.1 Å². The summed E-state index contributed by atoms with van der Waals surface area (Å²) in [5, 5.41) is 3.38. The van der Waals surface area contributed by atoms with Crippen molar-refractivity contribution in [3.8, 4) is 11.5 Å². The van der Waals surface area contributed by atoms with Gasteiger partial charge in [0.1, 0.15) is 17.6 Å². The van der Waals surface area contributed by atoms with Gasteiger partial charge >= 0.3 is 0 Å². The average molecular weight is 477 g/mol. The van der Waals surface area contributed by atoms with Crippen molar-refractivity contribution in [1.29, 1.82) is 0 Å². The fraction of sp³-hybridized carbons (Fsp3) is 0.632. The minimum atomic E-state index is -0.0156. The number of rotatable bonds is 8. The van der Waals surface area contributed by atoms with Gasteiger partial charge in [-0.3, -0.25) is 0 Å². The highest BCUT2D eigenvalue weighted by molar-refractivity contribution is 14.0. The highest BCUT2D eigenvalue weighted by atomic mass is 127. The third-order valence-corrected chi connectivity index (χ3v) is 4.20. The Labute approximate surface area is 174 Å². The second-order valence-electron chi connectivity index (χ2n) is 6.36. The van der Waals surface area contributed by atoms with Crippen molar-refractivity contribution in [1.82, 2.24) is 10.2 Å². The van der Waals surface area contributed by atoms with Crippen molar-refractivity contribution in [2.75, 3.05) is 47.0 Å². The van der Waals surface area contributed by atoms with E-state index in [0.29, 0.717) is 12.5 Å². The molecule has 0 spiro atoms. The van der Waals surface area contributed by atoms with Crippen LogP contribution in [-0.2, 0) is 4.74 Å². The number of guanidine groups is 1. The molecule has 0 aliphatic carbocycles. The van der Waals surface area contributed by atoms with Crippen molar-refractivity contribution in [3.05, 3.63) is 24.3 Å². The van der Waals surface area contributed by atoms with Crippen LogP contribution in [-0.4, -0.2) is 64.0 Å². The van der Waals surface area contributed by atoms with Crippen molar-refractivity contribution in [3.63, 3.8) is 0 Å². The van der Waals surface area contributed by atoms with Gasteiger partial charge in [-0.05, 0) is 32.4 Å². The van der Waals surface area contributed by atoms with Crippen LogP contribution in [0.5, 0.6) is 11.5 Å². The summed E-state index contributed by atoms with van der Waals surface area (Å²) in [6.45, 7) is 8.40. The van der Waals surface area contributed by atoms with E-state index in [1.807, 2.05) is 31.2 Å². The lowest BCUT2D eigenvalue weighted by atomic mass is 10.1. The molecule has 2 atom stereocenters. The molecule has 1 heterocycles. The molecule has 1 saturated heterocycles. The van der Waals surface area contributed by atoms with Crippen molar-refractivity contribution < 1.29 is 14.2 Å². The number of halogens is 1. The SMILES string of the molecule is CCNC(=NCC(C)Oc1cccc(OC)c1)N1CCC(COC)C1.I. The molecule has 1 aliphatic rings. The minimum absolute atomic E-state index is 0. The molecule has 0 radical (unpaired) electrons. The van der Waals surface area contributed by atoms with E-state index < -0.39 is 0 Å². The smallest absolute Gasteiger partial charge is 0.194 e. The molecule has 1 aromatic rings. The van der Waals surface area contributed by atoms with Crippen molar-refractivity contribution >= 4 is 29.9 Å². The molecular formula is C19H32IN3O3. The molecule has 0 bridgehead atoms. The van der Waals surface area contributed by atoms with E-state index in [-0.39, 0.29) is 30.1 Å².